The molecule has 0 bridgehead atoms. The Morgan fingerprint density at radius 3 is 2.27 bits per heavy atom. The minimum Gasteiger partial charge on any atom is -0.423 e. The summed E-state index contributed by atoms with van der Waals surface area (Å²) in [6.07, 6.45) is 5.68. The highest BCUT2D eigenvalue weighted by Crippen LogP contribution is 2.43. The van der Waals surface area contributed by atoms with Gasteiger partial charge in [-0.05, 0) is 42.7 Å². The molecule has 2 amide bonds. The predicted octanol–water partition coefficient (Wildman–Crippen LogP) is 3.47. The number of hydrogen-bond acceptors (Lipinski definition) is 4. The van der Waals surface area contributed by atoms with Crippen LogP contribution in [0.15, 0.2) is 54.7 Å². The van der Waals surface area contributed by atoms with Gasteiger partial charge in [-0.15, -0.1) is 0 Å². The van der Waals surface area contributed by atoms with Crippen LogP contribution in [0.5, 0.6) is 5.75 Å². The number of nitrogens with zero attached hydrogens (tertiary/aromatic N) is 1. The molecule has 2 aromatic carbocycles. The van der Waals surface area contributed by atoms with Crippen molar-refractivity contribution in [3.63, 3.8) is 0 Å². The van der Waals surface area contributed by atoms with E-state index in [1.807, 2.05) is 6.07 Å². The largest absolute Gasteiger partial charge is 0.423 e. The van der Waals surface area contributed by atoms with E-state index in [0.29, 0.717) is 34.9 Å². The van der Waals surface area contributed by atoms with Gasteiger partial charge >= 0.3 is 12.0 Å². The molecule has 0 saturated heterocycles. The van der Waals surface area contributed by atoms with Gasteiger partial charge in [0.05, 0.1) is 16.5 Å². The van der Waals surface area contributed by atoms with E-state index in [2.05, 4.69) is 0 Å². The molecule has 154 valence electrons. The van der Waals surface area contributed by atoms with Crippen molar-refractivity contribution in [1.82, 2.24) is 4.57 Å². The molecule has 7 heteroatoms. The Balaban J connectivity index is 1.79. The van der Waals surface area contributed by atoms with Crippen molar-refractivity contribution in [2.45, 2.75) is 37.5 Å². The minimum absolute atomic E-state index is 0.278. The summed E-state index contributed by atoms with van der Waals surface area (Å²) in [5.74, 6) is -0.626. The highest BCUT2D eigenvalue weighted by molar-refractivity contribution is 5.99. The summed E-state index contributed by atoms with van der Waals surface area (Å²) in [5.41, 5.74) is 12.2. The van der Waals surface area contributed by atoms with Crippen molar-refractivity contribution in [2.24, 2.45) is 11.5 Å². The van der Waals surface area contributed by atoms with Gasteiger partial charge in [-0.2, -0.15) is 0 Å². The molecule has 1 fully saturated rings. The topological polar surface area (TPSA) is 117 Å². The molecule has 4 N–H and O–H groups in total. The standard InChI is InChI=1S/C23H23N3O4/c24-21(28)23(11-5-2-6-12-23)18-14-26(22(25)29)19-13-16(9-10-17(18)19)30-20(27)15-7-3-1-4-8-15/h1,3-4,7-10,13-14H,2,5-6,11-12H2,(H2,24,28)(H2,25,29). The maximum Gasteiger partial charge on any atom is 0.343 e. The van der Waals surface area contributed by atoms with Crippen molar-refractivity contribution in [3.05, 3.63) is 65.9 Å². The van der Waals surface area contributed by atoms with Crippen LogP contribution in [-0.2, 0) is 10.2 Å². The fourth-order valence-electron chi connectivity index (χ4n) is 4.38. The third kappa shape index (κ3) is 3.32. The Kier molecular flexibility index (Phi) is 5.03. The van der Waals surface area contributed by atoms with Crippen molar-refractivity contribution in [2.75, 3.05) is 0 Å². The molecule has 0 aliphatic heterocycles. The Morgan fingerprint density at radius 1 is 0.933 bits per heavy atom. The second-order valence-electron chi connectivity index (χ2n) is 7.69. The first kappa shape index (κ1) is 19.7. The SMILES string of the molecule is NC(=O)n1cc(C2(C(N)=O)CCCCC2)c2ccc(OC(=O)c3ccccc3)cc21. The maximum atomic E-state index is 12.5. The molecule has 1 aromatic heterocycles. The Labute approximate surface area is 173 Å². The fraction of sp³-hybridized carbons (Fsp3) is 0.261. The lowest BCUT2D eigenvalue weighted by molar-refractivity contribution is -0.124. The molecule has 0 atom stereocenters. The van der Waals surface area contributed by atoms with Crippen LogP contribution in [-0.4, -0.2) is 22.5 Å². The van der Waals surface area contributed by atoms with E-state index in [-0.39, 0.29) is 5.75 Å². The molecule has 1 aliphatic carbocycles. The van der Waals surface area contributed by atoms with Gasteiger partial charge in [-0.3, -0.25) is 9.36 Å². The lowest BCUT2D eigenvalue weighted by atomic mass is 9.69. The average Bonchev–Trinajstić information content (AvgIpc) is 3.14. The number of carbonyl (C=O) groups is 3. The van der Waals surface area contributed by atoms with Gasteiger partial charge in [0, 0.05) is 17.6 Å². The zero-order valence-electron chi connectivity index (χ0n) is 16.5. The molecule has 4 rings (SSSR count). The molecule has 1 saturated carbocycles. The van der Waals surface area contributed by atoms with Gasteiger partial charge in [-0.1, -0.05) is 37.5 Å². The molecule has 0 unspecified atom stereocenters. The van der Waals surface area contributed by atoms with Crippen molar-refractivity contribution < 1.29 is 19.1 Å². The van der Waals surface area contributed by atoms with Gasteiger partial charge in [-0.25, -0.2) is 9.59 Å². The van der Waals surface area contributed by atoms with Crippen molar-refractivity contribution >= 4 is 28.8 Å². The van der Waals surface area contributed by atoms with Crippen LogP contribution in [0.3, 0.4) is 0 Å². The Hall–Kier alpha value is -3.61. The molecule has 0 spiro atoms. The van der Waals surface area contributed by atoms with E-state index < -0.39 is 23.3 Å². The lowest BCUT2D eigenvalue weighted by Gasteiger charge is -2.34. The van der Waals surface area contributed by atoms with Crippen LogP contribution in [0, 0.1) is 0 Å². The zero-order chi connectivity index (χ0) is 21.3. The van der Waals surface area contributed by atoms with E-state index in [4.69, 9.17) is 16.2 Å². The summed E-state index contributed by atoms with van der Waals surface area (Å²) in [5, 5.41) is 0.703. The van der Waals surface area contributed by atoms with E-state index in [1.54, 1.807) is 48.7 Å². The number of fused-ring (bicyclic) bond motifs is 1. The van der Waals surface area contributed by atoms with E-state index in [9.17, 15) is 14.4 Å². The number of benzene rings is 2. The van der Waals surface area contributed by atoms with E-state index >= 15 is 0 Å². The number of primary amides is 2. The number of rotatable bonds is 4. The van der Waals surface area contributed by atoms with Gasteiger partial charge < -0.3 is 16.2 Å². The summed E-state index contributed by atoms with van der Waals surface area (Å²) in [6, 6.07) is 12.9. The minimum atomic E-state index is -0.834. The van der Waals surface area contributed by atoms with Crippen LogP contribution < -0.4 is 16.2 Å². The summed E-state index contributed by atoms with van der Waals surface area (Å²) < 4.78 is 6.76. The van der Waals surface area contributed by atoms with Gasteiger partial charge in [0.2, 0.25) is 5.91 Å². The van der Waals surface area contributed by atoms with Crippen LogP contribution in [0.1, 0.15) is 48.0 Å². The highest BCUT2D eigenvalue weighted by atomic mass is 16.5. The van der Waals surface area contributed by atoms with Gasteiger partial charge in [0.15, 0.2) is 0 Å². The summed E-state index contributed by atoms with van der Waals surface area (Å²) in [6.45, 7) is 0. The third-order valence-electron chi connectivity index (χ3n) is 5.93. The third-order valence-corrected chi connectivity index (χ3v) is 5.93. The molecule has 7 nitrogen and oxygen atoms in total. The van der Waals surface area contributed by atoms with Crippen molar-refractivity contribution in [3.8, 4) is 5.75 Å². The molecule has 3 aromatic rings. The molecular formula is C23H23N3O4. The van der Waals surface area contributed by atoms with Crippen LogP contribution in [0.4, 0.5) is 4.79 Å². The second kappa shape index (κ2) is 7.67. The first-order valence-corrected chi connectivity index (χ1v) is 9.95. The number of amides is 2. The summed E-state index contributed by atoms with van der Waals surface area (Å²) in [4.78, 5) is 37.0. The highest BCUT2D eigenvalue weighted by Gasteiger charge is 2.42. The average molecular weight is 405 g/mol. The first-order chi connectivity index (χ1) is 14.4. The van der Waals surface area contributed by atoms with Gasteiger partial charge in [0.25, 0.3) is 0 Å². The van der Waals surface area contributed by atoms with Gasteiger partial charge in [0.1, 0.15) is 5.75 Å². The molecule has 1 heterocycles. The first-order valence-electron chi connectivity index (χ1n) is 9.95. The van der Waals surface area contributed by atoms with E-state index in [1.165, 1.54) is 4.57 Å². The smallest absolute Gasteiger partial charge is 0.343 e. The normalized spacial score (nSPS) is 15.6. The molecular weight excluding hydrogens is 382 g/mol. The lowest BCUT2D eigenvalue weighted by Crippen LogP contribution is -2.42. The zero-order valence-corrected chi connectivity index (χ0v) is 16.5. The monoisotopic (exact) mass is 405 g/mol. The second-order valence-corrected chi connectivity index (χ2v) is 7.69. The van der Waals surface area contributed by atoms with Crippen LogP contribution in [0.25, 0.3) is 10.9 Å². The Bertz CT molecular complexity index is 1130. The Morgan fingerprint density at radius 2 is 1.63 bits per heavy atom. The number of carbonyl (C=O) groups excluding carboxylic acids is 3. The predicted molar refractivity (Wildman–Crippen MR) is 112 cm³/mol. The van der Waals surface area contributed by atoms with Crippen molar-refractivity contribution in [1.29, 1.82) is 0 Å². The molecule has 0 radical (unpaired) electrons. The quantitative estimate of drug-likeness (QED) is 0.510. The maximum absolute atomic E-state index is 12.5. The number of nitrogens with two attached hydrogens (primary N) is 2. The van der Waals surface area contributed by atoms with E-state index in [0.717, 1.165) is 19.3 Å². The van der Waals surface area contributed by atoms with Crippen LogP contribution >= 0.6 is 0 Å². The number of hydrogen-bond donors (Lipinski definition) is 2. The molecule has 30 heavy (non-hydrogen) atoms. The number of aromatic nitrogens is 1. The number of ether oxygens (including phenoxy) is 1. The molecule has 1 aliphatic rings. The summed E-state index contributed by atoms with van der Waals surface area (Å²) in [7, 11) is 0. The summed E-state index contributed by atoms with van der Waals surface area (Å²) >= 11 is 0. The fourth-order valence-corrected chi connectivity index (χ4v) is 4.38. The number of esters is 1. The van der Waals surface area contributed by atoms with Crippen LogP contribution in [0.2, 0.25) is 0 Å².